The van der Waals surface area contributed by atoms with Gasteiger partial charge >= 0.3 is 0 Å². The van der Waals surface area contributed by atoms with E-state index in [1.54, 1.807) is 23.3 Å². The van der Waals surface area contributed by atoms with Gasteiger partial charge in [0.05, 0.1) is 11.9 Å². The van der Waals surface area contributed by atoms with E-state index in [0.717, 1.165) is 6.29 Å². The van der Waals surface area contributed by atoms with Gasteiger partial charge in [0.25, 0.3) is 0 Å². The van der Waals surface area contributed by atoms with Crippen molar-refractivity contribution >= 4 is 6.29 Å². The summed E-state index contributed by atoms with van der Waals surface area (Å²) < 4.78 is 1.76. The van der Waals surface area contributed by atoms with E-state index < -0.39 is 5.54 Å². The molecule has 0 radical (unpaired) electrons. The van der Waals surface area contributed by atoms with Crippen LogP contribution in [0.1, 0.15) is 13.8 Å². The zero-order chi connectivity index (χ0) is 7.61. The fourth-order valence-electron chi connectivity index (χ4n) is 0.661. The van der Waals surface area contributed by atoms with E-state index in [0.29, 0.717) is 0 Å². The lowest BCUT2D eigenvalue weighted by Gasteiger charge is -2.17. The summed E-state index contributed by atoms with van der Waals surface area (Å²) in [5, 5.41) is 0. The van der Waals surface area contributed by atoms with Crippen LogP contribution in [0.2, 0.25) is 0 Å². The second kappa shape index (κ2) is 2.25. The lowest BCUT2D eigenvalue weighted by Crippen LogP contribution is -2.26. The quantitative estimate of drug-likeness (QED) is 0.567. The van der Waals surface area contributed by atoms with E-state index in [-0.39, 0.29) is 0 Å². The number of imidazole rings is 1. The van der Waals surface area contributed by atoms with Crippen LogP contribution in [0.25, 0.3) is 0 Å². The third kappa shape index (κ3) is 1.07. The number of carbonyl (C=O) groups is 1. The molecule has 0 amide bonds. The molecule has 0 aliphatic carbocycles. The molecule has 0 aliphatic heterocycles. The second-order valence-electron chi connectivity index (χ2n) is 2.74. The summed E-state index contributed by atoms with van der Waals surface area (Å²) in [5.41, 5.74) is -0.462. The van der Waals surface area contributed by atoms with Crippen LogP contribution >= 0.6 is 0 Å². The fourth-order valence-corrected chi connectivity index (χ4v) is 0.661. The first-order valence-electron chi connectivity index (χ1n) is 3.11. The maximum atomic E-state index is 10.5. The van der Waals surface area contributed by atoms with Gasteiger partial charge < -0.3 is 9.36 Å². The average Bonchev–Trinajstić information content (AvgIpc) is 2.38. The number of hydrogen-bond donors (Lipinski definition) is 0. The zero-order valence-electron chi connectivity index (χ0n) is 6.11. The van der Waals surface area contributed by atoms with Crippen LogP contribution in [0.3, 0.4) is 0 Å². The van der Waals surface area contributed by atoms with Crippen LogP contribution in [0.5, 0.6) is 0 Å². The number of hydrogen-bond acceptors (Lipinski definition) is 2. The lowest BCUT2D eigenvalue weighted by atomic mass is 10.1. The van der Waals surface area contributed by atoms with E-state index in [9.17, 15) is 4.79 Å². The van der Waals surface area contributed by atoms with Crippen molar-refractivity contribution in [2.24, 2.45) is 0 Å². The highest BCUT2D eigenvalue weighted by atomic mass is 16.1. The van der Waals surface area contributed by atoms with Crippen molar-refractivity contribution in [3.05, 3.63) is 18.7 Å². The molecule has 3 heteroatoms. The van der Waals surface area contributed by atoms with Crippen molar-refractivity contribution < 1.29 is 4.79 Å². The normalized spacial score (nSPS) is 11.4. The third-order valence-corrected chi connectivity index (χ3v) is 1.46. The van der Waals surface area contributed by atoms with E-state index in [1.807, 2.05) is 13.8 Å². The molecular weight excluding hydrogens is 128 g/mol. The van der Waals surface area contributed by atoms with Gasteiger partial charge in [0.15, 0.2) is 0 Å². The summed E-state index contributed by atoms with van der Waals surface area (Å²) in [7, 11) is 0. The van der Waals surface area contributed by atoms with Crippen molar-refractivity contribution in [3.8, 4) is 0 Å². The summed E-state index contributed by atoms with van der Waals surface area (Å²) in [6.45, 7) is 3.67. The molecule has 10 heavy (non-hydrogen) atoms. The van der Waals surface area contributed by atoms with E-state index in [4.69, 9.17) is 0 Å². The van der Waals surface area contributed by atoms with Crippen molar-refractivity contribution in [2.45, 2.75) is 19.4 Å². The van der Waals surface area contributed by atoms with E-state index in [2.05, 4.69) is 4.98 Å². The molecule has 0 bridgehead atoms. The van der Waals surface area contributed by atoms with Gasteiger partial charge in [-0.2, -0.15) is 0 Å². The molecule has 0 N–H and O–H groups in total. The van der Waals surface area contributed by atoms with E-state index in [1.165, 1.54) is 0 Å². The van der Waals surface area contributed by atoms with Gasteiger partial charge in [-0.25, -0.2) is 4.98 Å². The van der Waals surface area contributed by atoms with Crippen LogP contribution in [-0.2, 0) is 10.3 Å². The average molecular weight is 138 g/mol. The minimum atomic E-state index is -0.462. The summed E-state index contributed by atoms with van der Waals surface area (Å²) in [6, 6.07) is 0. The minimum absolute atomic E-state index is 0.462. The van der Waals surface area contributed by atoms with Crippen molar-refractivity contribution in [3.63, 3.8) is 0 Å². The Morgan fingerprint density at radius 1 is 1.60 bits per heavy atom. The first kappa shape index (κ1) is 6.99. The molecule has 0 saturated heterocycles. The molecule has 0 atom stereocenters. The van der Waals surface area contributed by atoms with Crippen LogP contribution in [0.4, 0.5) is 0 Å². The Hall–Kier alpha value is -1.12. The lowest BCUT2D eigenvalue weighted by molar-refractivity contribution is -0.113. The van der Waals surface area contributed by atoms with Gasteiger partial charge in [-0.3, -0.25) is 0 Å². The predicted octanol–water partition coefficient (Wildman–Crippen LogP) is 0.817. The standard InChI is InChI=1S/C7H10N2O/c1-7(2,5-10)9-4-3-8-6-9/h3-6H,1-2H3. The summed E-state index contributed by atoms with van der Waals surface area (Å²) in [5.74, 6) is 0. The van der Waals surface area contributed by atoms with Gasteiger partial charge in [0.1, 0.15) is 6.29 Å². The number of nitrogens with zero attached hydrogens (tertiary/aromatic N) is 2. The summed E-state index contributed by atoms with van der Waals surface area (Å²) in [6.07, 6.45) is 5.96. The molecule has 1 rings (SSSR count). The maximum Gasteiger partial charge on any atom is 0.145 e. The first-order valence-corrected chi connectivity index (χ1v) is 3.11. The van der Waals surface area contributed by atoms with Crippen molar-refractivity contribution in [2.75, 3.05) is 0 Å². The Labute approximate surface area is 59.7 Å². The number of carbonyl (C=O) groups excluding carboxylic acids is 1. The molecule has 54 valence electrons. The van der Waals surface area contributed by atoms with Crippen molar-refractivity contribution in [1.29, 1.82) is 0 Å². The molecule has 3 nitrogen and oxygen atoms in total. The molecular formula is C7H10N2O. The third-order valence-electron chi connectivity index (χ3n) is 1.46. The second-order valence-corrected chi connectivity index (χ2v) is 2.74. The van der Waals surface area contributed by atoms with E-state index >= 15 is 0 Å². The number of aromatic nitrogens is 2. The Kier molecular flexibility index (Phi) is 1.57. The van der Waals surface area contributed by atoms with Gasteiger partial charge in [-0.15, -0.1) is 0 Å². The molecule has 0 saturated carbocycles. The number of aldehydes is 1. The monoisotopic (exact) mass is 138 g/mol. The minimum Gasteiger partial charge on any atom is -0.325 e. The van der Waals surface area contributed by atoms with Crippen LogP contribution in [-0.4, -0.2) is 15.8 Å². The largest absolute Gasteiger partial charge is 0.325 e. The van der Waals surface area contributed by atoms with Crippen LogP contribution in [0.15, 0.2) is 18.7 Å². The molecule has 0 aliphatic rings. The van der Waals surface area contributed by atoms with Crippen LogP contribution in [0, 0.1) is 0 Å². The molecule has 1 aromatic heterocycles. The molecule has 1 heterocycles. The smallest absolute Gasteiger partial charge is 0.145 e. The van der Waals surface area contributed by atoms with Crippen LogP contribution < -0.4 is 0 Å². The highest BCUT2D eigenvalue weighted by Crippen LogP contribution is 2.09. The Balaban J connectivity index is 2.95. The summed E-state index contributed by atoms with van der Waals surface area (Å²) in [4.78, 5) is 14.3. The SMILES string of the molecule is CC(C)(C=O)n1ccnc1. The Bertz CT molecular complexity index is 214. The molecule has 0 unspecified atom stereocenters. The summed E-state index contributed by atoms with van der Waals surface area (Å²) >= 11 is 0. The zero-order valence-corrected chi connectivity index (χ0v) is 6.11. The molecule has 0 fully saturated rings. The Morgan fingerprint density at radius 3 is 2.70 bits per heavy atom. The molecule has 0 spiro atoms. The van der Waals surface area contributed by atoms with Gasteiger partial charge in [0, 0.05) is 12.4 Å². The molecule has 1 aromatic rings. The highest BCUT2D eigenvalue weighted by molar-refractivity contribution is 5.60. The first-order chi connectivity index (χ1) is 4.67. The Morgan fingerprint density at radius 2 is 2.30 bits per heavy atom. The highest BCUT2D eigenvalue weighted by Gasteiger charge is 2.16. The fraction of sp³-hybridized carbons (Fsp3) is 0.429. The maximum absolute atomic E-state index is 10.5. The van der Waals surface area contributed by atoms with Gasteiger partial charge in [0.2, 0.25) is 0 Å². The topological polar surface area (TPSA) is 34.9 Å². The van der Waals surface area contributed by atoms with Crippen molar-refractivity contribution in [1.82, 2.24) is 9.55 Å². The predicted molar refractivity (Wildman–Crippen MR) is 37.6 cm³/mol. The van der Waals surface area contributed by atoms with Gasteiger partial charge in [-0.05, 0) is 13.8 Å². The molecule has 0 aromatic carbocycles. The number of rotatable bonds is 2. The van der Waals surface area contributed by atoms with Gasteiger partial charge in [-0.1, -0.05) is 0 Å².